The van der Waals surface area contributed by atoms with Crippen LogP contribution >= 0.6 is 43.2 Å². The molecule has 0 aromatic carbocycles. The second-order valence-electron chi connectivity index (χ2n) is 2.24. The third-order valence-electron chi connectivity index (χ3n) is 1.27. The van der Waals surface area contributed by atoms with Gasteiger partial charge in [0.1, 0.15) is 0 Å². The summed E-state index contributed by atoms with van der Waals surface area (Å²) in [5, 5.41) is 8.35. The molecule has 0 spiro atoms. The molecule has 0 unspecified atom stereocenters. The third kappa shape index (κ3) is 2.89. The fraction of sp³-hybridized carbons (Fsp3) is 0.143. The lowest BCUT2D eigenvalue weighted by Crippen LogP contribution is -2.14. The molecule has 1 heterocycles. The van der Waals surface area contributed by atoms with E-state index >= 15 is 0 Å². The highest BCUT2D eigenvalue weighted by atomic mass is 79.9. The maximum absolute atomic E-state index is 10.8. The van der Waals surface area contributed by atoms with E-state index in [4.69, 9.17) is 5.11 Å². The van der Waals surface area contributed by atoms with Crippen molar-refractivity contribution in [1.82, 2.24) is 0 Å². The fourth-order valence-electron chi connectivity index (χ4n) is 0.712. The van der Waals surface area contributed by atoms with E-state index in [9.17, 15) is 9.59 Å². The first-order chi connectivity index (χ1) is 6.00. The molecule has 1 N–H and O–H groups in total. The van der Waals surface area contributed by atoms with Crippen LogP contribution in [0.15, 0.2) is 14.3 Å². The van der Waals surface area contributed by atoms with Crippen molar-refractivity contribution in [2.24, 2.45) is 0 Å². The molecule has 6 heteroatoms. The molecule has 1 rings (SSSR count). The van der Waals surface area contributed by atoms with Gasteiger partial charge in [0.2, 0.25) is 5.78 Å². The first-order valence-electron chi connectivity index (χ1n) is 3.20. The molecule has 3 nitrogen and oxygen atoms in total. The molecule has 0 aliphatic heterocycles. The van der Waals surface area contributed by atoms with Gasteiger partial charge in [-0.15, -0.1) is 11.3 Å². The van der Waals surface area contributed by atoms with E-state index < -0.39 is 11.8 Å². The van der Waals surface area contributed by atoms with Crippen LogP contribution in [0.4, 0.5) is 0 Å². The van der Waals surface area contributed by atoms with Crippen LogP contribution in [0.2, 0.25) is 0 Å². The summed E-state index contributed by atoms with van der Waals surface area (Å²) >= 11 is 7.85. The topological polar surface area (TPSA) is 54.4 Å². The molecule has 0 radical (unpaired) electrons. The molecule has 13 heavy (non-hydrogen) atoms. The number of thiophene rings is 1. The second kappa shape index (κ2) is 4.34. The lowest BCUT2D eigenvalue weighted by molar-refractivity contribution is -0.148. The molecule has 0 bridgehead atoms. The minimum absolute atomic E-state index is 0.0514. The van der Waals surface area contributed by atoms with Crippen LogP contribution in [0.5, 0.6) is 0 Å². The van der Waals surface area contributed by atoms with Crippen molar-refractivity contribution in [1.29, 1.82) is 0 Å². The normalized spacial score (nSPS) is 10.0. The number of carbonyl (C=O) groups excluding carboxylic acids is 1. The number of hydrogen-bond acceptors (Lipinski definition) is 3. The Morgan fingerprint density at radius 1 is 1.46 bits per heavy atom. The number of halogens is 2. The summed E-state index contributed by atoms with van der Waals surface area (Å²) in [5.41, 5.74) is 0. The molecule has 70 valence electrons. The van der Waals surface area contributed by atoms with Gasteiger partial charge >= 0.3 is 5.97 Å². The van der Waals surface area contributed by atoms with Gasteiger partial charge < -0.3 is 5.11 Å². The van der Waals surface area contributed by atoms with Crippen LogP contribution < -0.4 is 0 Å². The van der Waals surface area contributed by atoms with Crippen LogP contribution in [0.1, 0.15) is 4.88 Å². The molecule has 0 amide bonds. The average Bonchev–Trinajstić information content (AvgIpc) is 2.31. The van der Waals surface area contributed by atoms with E-state index in [1.807, 2.05) is 0 Å². The summed E-state index contributed by atoms with van der Waals surface area (Å²) in [6.07, 6.45) is -0.0514. The smallest absolute Gasteiger partial charge is 0.372 e. The highest BCUT2D eigenvalue weighted by Gasteiger charge is 2.14. The Kier molecular flexibility index (Phi) is 3.63. The zero-order chi connectivity index (χ0) is 10.0. The van der Waals surface area contributed by atoms with Gasteiger partial charge in [-0.05, 0) is 37.9 Å². The SMILES string of the molecule is O=C(O)C(=O)Cc1cc(Br)c(Br)s1. The maximum atomic E-state index is 10.8. The van der Waals surface area contributed by atoms with Crippen molar-refractivity contribution < 1.29 is 14.7 Å². The Hall–Kier alpha value is -0.200. The van der Waals surface area contributed by atoms with Crippen molar-refractivity contribution in [2.75, 3.05) is 0 Å². The monoisotopic (exact) mass is 326 g/mol. The Morgan fingerprint density at radius 2 is 2.08 bits per heavy atom. The lowest BCUT2D eigenvalue weighted by Gasteiger charge is -1.89. The number of aliphatic carboxylic acids is 1. The molecule has 0 saturated heterocycles. The van der Waals surface area contributed by atoms with Crippen molar-refractivity contribution in [3.63, 3.8) is 0 Å². The molecule has 0 saturated carbocycles. The Labute approximate surface area is 95.0 Å². The number of ketones is 1. The van der Waals surface area contributed by atoms with E-state index in [-0.39, 0.29) is 6.42 Å². The standard InChI is InChI=1S/C7H4Br2O3S/c8-4-1-3(13-6(4)9)2-5(10)7(11)12/h1H,2H2,(H,11,12). The number of carboxylic acid groups (broad SMARTS) is 1. The van der Waals surface area contributed by atoms with Gasteiger partial charge in [0.05, 0.1) is 10.2 Å². The minimum Gasteiger partial charge on any atom is -0.475 e. The first kappa shape index (κ1) is 10.9. The van der Waals surface area contributed by atoms with Gasteiger partial charge in [-0.1, -0.05) is 0 Å². The molecular weight excluding hydrogens is 324 g/mol. The largest absolute Gasteiger partial charge is 0.475 e. The third-order valence-corrected chi connectivity index (χ3v) is 4.53. The highest BCUT2D eigenvalue weighted by molar-refractivity contribution is 9.13. The molecule has 1 aromatic heterocycles. The van der Waals surface area contributed by atoms with Crippen LogP contribution in [-0.4, -0.2) is 16.9 Å². The van der Waals surface area contributed by atoms with Gasteiger partial charge in [0.25, 0.3) is 0 Å². The Balaban J connectivity index is 2.75. The van der Waals surface area contributed by atoms with E-state index in [1.165, 1.54) is 11.3 Å². The highest BCUT2D eigenvalue weighted by Crippen LogP contribution is 2.32. The summed E-state index contributed by atoms with van der Waals surface area (Å²) < 4.78 is 1.70. The zero-order valence-corrected chi connectivity index (χ0v) is 10.2. The number of hydrogen-bond donors (Lipinski definition) is 1. The molecule has 0 aliphatic rings. The molecule has 1 aromatic rings. The van der Waals surface area contributed by atoms with Gasteiger partial charge in [0, 0.05) is 9.35 Å². The zero-order valence-electron chi connectivity index (χ0n) is 6.21. The van der Waals surface area contributed by atoms with Crippen LogP contribution in [0.25, 0.3) is 0 Å². The first-order valence-corrected chi connectivity index (χ1v) is 5.61. The maximum Gasteiger partial charge on any atom is 0.372 e. The predicted octanol–water partition coefficient (Wildman–Crippen LogP) is 2.47. The Morgan fingerprint density at radius 3 is 2.46 bits per heavy atom. The second-order valence-corrected chi connectivity index (χ2v) is 5.55. The van der Waals surface area contributed by atoms with Gasteiger partial charge in [-0.3, -0.25) is 4.79 Å². The molecule has 0 fully saturated rings. The van der Waals surface area contributed by atoms with E-state index in [1.54, 1.807) is 6.07 Å². The van der Waals surface area contributed by atoms with Gasteiger partial charge in [0.15, 0.2) is 0 Å². The van der Waals surface area contributed by atoms with E-state index in [0.717, 1.165) is 13.1 Å². The summed E-state index contributed by atoms with van der Waals surface area (Å²) in [7, 11) is 0. The van der Waals surface area contributed by atoms with Crippen LogP contribution in [0, 0.1) is 0 Å². The summed E-state index contributed by atoms with van der Waals surface area (Å²) in [6.45, 7) is 0. The predicted molar refractivity (Wildman–Crippen MR) is 56.1 cm³/mol. The quantitative estimate of drug-likeness (QED) is 0.868. The van der Waals surface area contributed by atoms with Gasteiger partial charge in [-0.25, -0.2) is 4.79 Å². The number of Topliss-reactive ketones (excluding diaryl/α,β-unsaturated/α-hetero) is 1. The summed E-state index contributed by atoms with van der Waals surface area (Å²) in [5.74, 6) is -2.18. The molecule has 0 atom stereocenters. The van der Waals surface area contributed by atoms with Crippen molar-refractivity contribution >= 4 is 54.9 Å². The van der Waals surface area contributed by atoms with E-state index in [2.05, 4.69) is 31.9 Å². The number of carboxylic acids is 1. The average molecular weight is 328 g/mol. The molecular formula is C7H4Br2O3S. The summed E-state index contributed by atoms with van der Waals surface area (Å²) in [6, 6.07) is 1.73. The van der Waals surface area contributed by atoms with E-state index in [0.29, 0.717) is 0 Å². The minimum atomic E-state index is -1.39. The van der Waals surface area contributed by atoms with Crippen molar-refractivity contribution in [2.45, 2.75) is 6.42 Å². The van der Waals surface area contributed by atoms with Crippen molar-refractivity contribution in [3.05, 3.63) is 19.2 Å². The molecule has 0 aliphatic carbocycles. The van der Waals surface area contributed by atoms with Crippen molar-refractivity contribution in [3.8, 4) is 0 Å². The fourth-order valence-corrected chi connectivity index (χ4v) is 2.89. The van der Waals surface area contributed by atoms with Crippen LogP contribution in [0.3, 0.4) is 0 Å². The Bertz CT molecular complexity index is 339. The number of carbonyl (C=O) groups is 2. The summed E-state index contributed by atoms with van der Waals surface area (Å²) in [4.78, 5) is 21.8. The number of rotatable bonds is 3. The van der Waals surface area contributed by atoms with Crippen LogP contribution in [-0.2, 0) is 16.0 Å². The van der Waals surface area contributed by atoms with Gasteiger partial charge in [-0.2, -0.15) is 0 Å². The lowest BCUT2D eigenvalue weighted by atomic mass is 10.2.